The zero-order chi connectivity index (χ0) is 14.9. The first-order valence-corrected chi connectivity index (χ1v) is 6.82. The van der Waals surface area contributed by atoms with E-state index in [4.69, 9.17) is 10.00 Å². The molecular formula is C17H16N2O2. The van der Waals surface area contributed by atoms with E-state index in [1.54, 1.807) is 19.2 Å². The zero-order valence-corrected chi connectivity index (χ0v) is 11.8. The number of nitrogens with one attached hydrogen (secondary N) is 1. The van der Waals surface area contributed by atoms with Crippen LogP contribution in [0.3, 0.4) is 0 Å². The summed E-state index contributed by atoms with van der Waals surface area (Å²) in [6.45, 7) is 0.708. The van der Waals surface area contributed by atoms with Crippen molar-refractivity contribution >= 4 is 0 Å². The lowest BCUT2D eigenvalue weighted by Gasteiger charge is -2.29. The molecule has 1 aliphatic rings. The van der Waals surface area contributed by atoms with E-state index in [9.17, 15) is 5.11 Å². The second kappa shape index (κ2) is 5.21. The lowest BCUT2D eigenvalue weighted by Crippen LogP contribution is -2.38. The second-order valence-corrected chi connectivity index (χ2v) is 5.16. The number of aliphatic hydroxyl groups is 1. The molecule has 4 nitrogen and oxygen atoms in total. The van der Waals surface area contributed by atoms with Crippen LogP contribution in [0.1, 0.15) is 22.3 Å². The molecule has 2 N–H and O–H groups in total. The molecule has 2 aromatic rings. The highest BCUT2D eigenvalue weighted by molar-refractivity contribution is 5.51. The first-order chi connectivity index (χ1) is 10.2. The van der Waals surface area contributed by atoms with Crippen LogP contribution in [-0.2, 0) is 12.2 Å². The van der Waals surface area contributed by atoms with Gasteiger partial charge in [0.2, 0.25) is 0 Å². The van der Waals surface area contributed by atoms with Crippen molar-refractivity contribution in [2.24, 2.45) is 0 Å². The fraction of sp³-hybridized carbons (Fsp3) is 0.235. The van der Waals surface area contributed by atoms with E-state index in [-0.39, 0.29) is 0 Å². The molecule has 1 unspecified atom stereocenters. The number of para-hydroxylation sites is 1. The maximum atomic E-state index is 11.3. The van der Waals surface area contributed by atoms with Crippen LogP contribution < -0.4 is 10.1 Å². The molecule has 3 rings (SSSR count). The van der Waals surface area contributed by atoms with Gasteiger partial charge in [-0.15, -0.1) is 0 Å². The molecule has 1 aliphatic heterocycles. The third-order valence-electron chi connectivity index (χ3n) is 3.83. The van der Waals surface area contributed by atoms with Crippen molar-refractivity contribution in [3.8, 4) is 11.8 Å². The molecule has 1 heterocycles. The first-order valence-electron chi connectivity index (χ1n) is 6.82. The highest BCUT2D eigenvalue weighted by Gasteiger charge is 2.37. The Balaban J connectivity index is 2.24. The fourth-order valence-corrected chi connectivity index (χ4v) is 2.87. The molecule has 0 spiro atoms. The normalized spacial score (nSPS) is 19.7. The number of benzene rings is 2. The highest BCUT2D eigenvalue weighted by atomic mass is 16.5. The molecule has 0 fully saturated rings. The van der Waals surface area contributed by atoms with Crippen LogP contribution >= 0.6 is 0 Å². The van der Waals surface area contributed by atoms with Gasteiger partial charge in [0.15, 0.2) is 0 Å². The average molecular weight is 280 g/mol. The summed E-state index contributed by atoms with van der Waals surface area (Å²) >= 11 is 0. The SMILES string of the molecule is CNCC1(O)c2ccc(C#N)cc2COc2ccccc21. The molecular weight excluding hydrogens is 264 g/mol. The molecule has 0 saturated heterocycles. The number of fused-ring (bicyclic) bond motifs is 2. The van der Waals surface area contributed by atoms with Gasteiger partial charge in [-0.1, -0.05) is 24.3 Å². The third-order valence-corrected chi connectivity index (χ3v) is 3.83. The summed E-state index contributed by atoms with van der Waals surface area (Å²) in [6.07, 6.45) is 0. The van der Waals surface area contributed by atoms with Crippen LogP contribution in [0.5, 0.6) is 5.75 Å². The van der Waals surface area contributed by atoms with Crippen LogP contribution in [0.4, 0.5) is 0 Å². The highest BCUT2D eigenvalue weighted by Crippen LogP contribution is 2.40. The molecule has 0 aliphatic carbocycles. The van der Waals surface area contributed by atoms with Gasteiger partial charge in [-0.2, -0.15) is 5.26 Å². The largest absolute Gasteiger partial charge is 0.488 e. The van der Waals surface area contributed by atoms with Crippen molar-refractivity contribution in [1.82, 2.24) is 5.32 Å². The van der Waals surface area contributed by atoms with Crippen molar-refractivity contribution < 1.29 is 9.84 Å². The molecule has 0 aromatic heterocycles. The monoisotopic (exact) mass is 280 g/mol. The summed E-state index contributed by atoms with van der Waals surface area (Å²) in [6, 6.07) is 15.0. The first kappa shape index (κ1) is 13.6. The van der Waals surface area contributed by atoms with E-state index in [2.05, 4.69) is 11.4 Å². The Morgan fingerprint density at radius 2 is 2.10 bits per heavy atom. The second-order valence-electron chi connectivity index (χ2n) is 5.16. The number of nitriles is 1. The number of hydrogen-bond acceptors (Lipinski definition) is 4. The van der Waals surface area contributed by atoms with Crippen LogP contribution in [0.15, 0.2) is 42.5 Å². The van der Waals surface area contributed by atoms with E-state index in [0.717, 1.165) is 16.7 Å². The van der Waals surface area contributed by atoms with E-state index in [0.29, 0.717) is 24.5 Å². The summed E-state index contributed by atoms with van der Waals surface area (Å²) in [5.41, 5.74) is 1.74. The van der Waals surface area contributed by atoms with Gasteiger partial charge in [0.1, 0.15) is 18.0 Å². The molecule has 0 amide bonds. The minimum atomic E-state index is -1.18. The van der Waals surface area contributed by atoms with Crippen LogP contribution in [-0.4, -0.2) is 18.7 Å². The lowest BCUT2D eigenvalue weighted by atomic mass is 9.83. The van der Waals surface area contributed by atoms with E-state index < -0.39 is 5.60 Å². The Morgan fingerprint density at radius 1 is 1.29 bits per heavy atom. The number of rotatable bonds is 2. The molecule has 1 atom stereocenters. The smallest absolute Gasteiger partial charge is 0.131 e. The lowest BCUT2D eigenvalue weighted by molar-refractivity contribution is 0.0815. The predicted molar refractivity (Wildman–Crippen MR) is 78.9 cm³/mol. The standard InChI is InChI=1S/C17H16N2O2/c1-19-11-17(20)14-7-6-12(9-18)8-13(14)10-21-16-5-3-2-4-15(16)17/h2-8,19-20H,10-11H2,1H3. The summed E-state index contributed by atoms with van der Waals surface area (Å²) in [7, 11) is 1.80. The van der Waals surface area contributed by atoms with Gasteiger partial charge in [-0.05, 0) is 36.4 Å². The average Bonchev–Trinajstić information content (AvgIpc) is 2.64. The van der Waals surface area contributed by atoms with Gasteiger partial charge >= 0.3 is 0 Å². The van der Waals surface area contributed by atoms with Gasteiger partial charge in [0.05, 0.1) is 11.6 Å². The fourth-order valence-electron chi connectivity index (χ4n) is 2.87. The van der Waals surface area contributed by atoms with E-state index in [1.807, 2.05) is 30.3 Å². The van der Waals surface area contributed by atoms with Crippen LogP contribution in [0.25, 0.3) is 0 Å². The quantitative estimate of drug-likeness (QED) is 0.882. The molecule has 0 radical (unpaired) electrons. The van der Waals surface area contributed by atoms with Crippen molar-refractivity contribution in [1.29, 1.82) is 5.26 Å². The van der Waals surface area contributed by atoms with Gasteiger partial charge in [0, 0.05) is 12.1 Å². The maximum Gasteiger partial charge on any atom is 0.131 e. The van der Waals surface area contributed by atoms with Crippen molar-refractivity contribution in [3.05, 3.63) is 64.7 Å². The predicted octanol–water partition coefficient (Wildman–Crippen LogP) is 1.91. The number of ether oxygens (including phenoxy) is 1. The number of likely N-dealkylation sites (N-methyl/N-ethyl adjacent to an activating group) is 1. The molecule has 0 saturated carbocycles. The Hall–Kier alpha value is -2.35. The summed E-state index contributed by atoms with van der Waals surface area (Å²) < 4.78 is 5.82. The van der Waals surface area contributed by atoms with E-state index in [1.165, 1.54) is 0 Å². The Morgan fingerprint density at radius 3 is 2.86 bits per heavy atom. The van der Waals surface area contributed by atoms with Crippen molar-refractivity contribution in [2.45, 2.75) is 12.2 Å². The zero-order valence-electron chi connectivity index (χ0n) is 11.8. The minimum absolute atomic E-state index is 0.341. The molecule has 4 heteroatoms. The maximum absolute atomic E-state index is 11.3. The van der Waals surface area contributed by atoms with Crippen LogP contribution in [0, 0.1) is 11.3 Å². The van der Waals surface area contributed by atoms with E-state index >= 15 is 0 Å². The Labute approximate surface area is 123 Å². The molecule has 106 valence electrons. The minimum Gasteiger partial charge on any atom is -0.488 e. The summed E-state index contributed by atoms with van der Waals surface area (Å²) in [5, 5.41) is 23.4. The number of hydrogen-bond donors (Lipinski definition) is 2. The Bertz CT molecular complexity index is 721. The number of nitrogens with zero attached hydrogens (tertiary/aromatic N) is 1. The van der Waals surface area contributed by atoms with Gasteiger partial charge in [-0.3, -0.25) is 0 Å². The molecule has 2 aromatic carbocycles. The Kier molecular flexibility index (Phi) is 3.38. The van der Waals surface area contributed by atoms with Gasteiger partial charge in [0.25, 0.3) is 0 Å². The summed E-state index contributed by atoms with van der Waals surface area (Å²) in [4.78, 5) is 0. The van der Waals surface area contributed by atoms with Crippen molar-refractivity contribution in [3.63, 3.8) is 0 Å². The topological polar surface area (TPSA) is 65.3 Å². The van der Waals surface area contributed by atoms with Crippen molar-refractivity contribution in [2.75, 3.05) is 13.6 Å². The third kappa shape index (κ3) is 2.17. The van der Waals surface area contributed by atoms with Gasteiger partial charge < -0.3 is 15.2 Å². The summed E-state index contributed by atoms with van der Waals surface area (Å²) in [5.74, 6) is 0.671. The molecule has 21 heavy (non-hydrogen) atoms. The van der Waals surface area contributed by atoms with Gasteiger partial charge in [-0.25, -0.2) is 0 Å². The molecule has 0 bridgehead atoms. The van der Waals surface area contributed by atoms with Crippen LogP contribution in [0.2, 0.25) is 0 Å².